The lowest BCUT2D eigenvalue weighted by atomic mass is 10.2. The molecule has 4 nitrogen and oxygen atoms in total. The van der Waals surface area contributed by atoms with Crippen LogP contribution >= 0.6 is 22.9 Å². The number of anilines is 2. The minimum Gasteiger partial charge on any atom is -0.378 e. The van der Waals surface area contributed by atoms with Gasteiger partial charge in [-0.2, -0.15) is 0 Å². The van der Waals surface area contributed by atoms with Crippen LogP contribution < -0.4 is 10.2 Å². The van der Waals surface area contributed by atoms with Crippen LogP contribution in [0.25, 0.3) is 10.1 Å². The van der Waals surface area contributed by atoms with Crippen LogP contribution in [0.1, 0.15) is 9.67 Å². The first kappa shape index (κ1) is 16.4. The first-order valence-electron chi connectivity index (χ1n) is 8.13. The number of morpholine rings is 1. The highest BCUT2D eigenvalue weighted by molar-refractivity contribution is 7.21. The SMILES string of the molecule is O=C(Nc1ccc(N2CCOCC2)cc1)c1sc2ccccc2c1Cl. The number of nitrogens with one attached hydrogen (secondary N) is 1. The molecule has 6 heteroatoms. The van der Waals surface area contributed by atoms with E-state index in [-0.39, 0.29) is 5.91 Å². The third kappa shape index (κ3) is 3.35. The summed E-state index contributed by atoms with van der Waals surface area (Å²) in [7, 11) is 0. The van der Waals surface area contributed by atoms with Gasteiger partial charge in [-0.1, -0.05) is 29.8 Å². The Bertz CT molecular complexity index is 901. The normalized spacial score (nSPS) is 14.7. The molecule has 0 atom stereocenters. The van der Waals surface area contributed by atoms with E-state index in [2.05, 4.69) is 10.2 Å². The van der Waals surface area contributed by atoms with Gasteiger partial charge in [-0.15, -0.1) is 11.3 Å². The van der Waals surface area contributed by atoms with Crippen LogP contribution in [-0.2, 0) is 4.74 Å². The average molecular weight is 373 g/mol. The van der Waals surface area contributed by atoms with Gasteiger partial charge < -0.3 is 15.0 Å². The predicted octanol–water partition coefficient (Wildman–Crippen LogP) is 4.64. The number of halogens is 1. The Morgan fingerprint density at radius 1 is 1.08 bits per heavy atom. The van der Waals surface area contributed by atoms with Gasteiger partial charge in [0, 0.05) is 34.6 Å². The van der Waals surface area contributed by atoms with Gasteiger partial charge in [-0.05, 0) is 30.3 Å². The van der Waals surface area contributed by atoms with Gasteiger partial charge in [0.1, 0.15) is 4.88 Å². The second-order valence-electron chi connectivity index (χ2n) is 5.84. The summed E-state index contributed by atoms with van der Waals surface area (Å²) in [5, 5.41) is 4.37. The fourth-order valence-corrected chi connectivity index (χ4v) is 4.34. The van der Waals surface area contributed by atoms with Crippen LogP contribution in [0.2, 0.25) is 5.02 Å². The summed E-state index contributed by atoms with van der Waals surface area (Å²) >= 11 is 7.79. The van der Waals surface area contributed by atoms with Crippen molar-refractivity contribution in [2.75, 3.05) is 36.5 Å². The summed E-state index contributed by atoms with van der Waals surface area (Å²) in [6, 6.07) is 15.7. The first-order chi connectivity index (χ1) is 12.2. The molecular formula is C19H17ClN2O2S. The van der Waals surface area contributed by atoms with E-state index in [1.807, 2.05) is 48.5 Å². The number of amides is 1. The van der Waals surface area contributed by atoms with Gasteiger partial charge in [0.2, 0.25) is 0 Å². The molecule has 0 spiro atoms. The lowest BCUT2D eigenvalue weighted by Gasteiger charge is -2.28. The molecule has 1 aromatic heterocycles. The molecule has 1 amide bonds. The molecule has 128 valence electrons. The van der Waals surface area contributed by atoms with Crippen LogP contribution in [0.5, 0.6) is 0 Å². The minimum absolute atomic E-state index is 0.176. The summed E-state index contributed by atoms with van der Waals surface area (Å²) in [4.78, 5) is 15.4. The maximum atomic E-state index is 12.6. The second-order valence-corrected chi connectivity index (χ2v) is 7.27. The Labute approximate surface area is 155 Å². The first-order valence-corrected chi connectivity index (χ1v) is 9.33. The molecule has 1 saturated heterocycles. The standard InChI is InChI=1S/C19H17ClN2O2S/c20-17-15-3-1-2-4-16(15)25-18(17)19(23)21-13-5-7-14(8-6-13)22-9-11-24-12-10-22/h1-8H,9-12H2,(H,21,23). The Hall–Kier alpha value is -2.08. The van der Waals surface area contributed by atoms with Crippen molar-refractivity contribution >= 4 is 50.3 Å². The third-order valence-corrected chi connectivity index (χ3v) is 5.92. The molecule has 1 aliphatic heterocycles. The van der Waals surface area contributed by atoms with Gasteiger partial charge in [0.15, 0.2) is 0 Å². The number of nitrogens with zero attached hydrogens (tertiary/aromatic N) is 1. The second kappa shape index (κ2) is 7.04. The molecule has 0 radical (unpaired) electrons. The van der Waals surface area contributed by atoms with Gasteiger partial charge in [0.25, 0.3) is 5.91 Å². The zero-order chi connectivity index (χ0) is 17.2. The van der Waals surface area contributed by atoms with Crippen molar-refractivity contribution < 1.29 is 9.53 Å². The highest BCUT2D eigenvalue weighted by Crippen LogP contribution is 2.35. The Balaban J connectivity index is 1.51. The fourth-order valence-electron chi connectivity index (χ4n) is 2.93. The molecule has 0 bridgehead atoms. The van der Waals surface area contributed by atoms with E-state index in [4.69, 9.17) is 16.3 Å². The summed E-state index contributed by atoms with van der Waals surface area (Å²) in [5.41, 5.74) is 1.90. The van der Waals surface area contributed by atoms with E-state index < -0.39 is 0 Å². The molecule has 4 rings (SSSR count). The summed E-state index contributed by atoms with van der Waals surface area (Å²) < 4.78 is 6.39. The summed E-state index contributed by atoms with van der Waals surface area (Å²) in [5.74, 6) is -0.176. The van der Waals surface area contributed by atoms with Gasteiger partial charge >= 0.3 is 0 Å². The van der Waals surface area contributed by atoms with E-state index in [9.17, 15) is 4.79 Å². The summed E-state index contributed by atoms with van der Waals surface area (Å²) in [6.07, 6.45) is 0. The monoisotopic (exact) mass is 372 g/mol. The fraction of sp³-hybridized carbons (Fsp3) is 0.211. The lowest BCUT2D eigenvalue weighted by Crippen LogP contribution is -2.36. The number of hydrogen-bond donors (Lipinski definition) is 1. The molecule has 0 unspecified atom stereocenters. The zero-order valence-electron chi connectivity index (χ0n) is 13.5. The summed E-state index contributed by atoms with van der Waals surface area (Å²) in [6.45, 7) is 3.29. The molecule has 0 saturated carbocycles. The number of rotatable bonds is 3. The van der Waals surface area contributed by atoms with Crippen LogP contribution in [0.3, 0.4) is 0 Å². The van der Waals surface area contributed by atoms with Gasteiger partial charge in [0.05, 0.1) is 18.2 Å². The van der Waals surface area contributed by atoms with E-state index in [0.717, 1.165) is 47.8 Å². The number of fused-ring (bicyclic) bond motifs is 1. The van der Waals surface area contributed by atoms with Crippen LogP contribution in [0.4, 0.5) is 11.4 Å². The van der Waals surface area contributed by atoms with E-state index >= 15 is 0 Å². The van der Waals surface area contributed by atoms with Crippen molar-refractivity contribution in [1.29, 1.82) is 0 Å². The zero-order valence-corrected chi connectivity index (χ0v) is 15.1. The van der Waals surface area contributed by atoms with Crippen molar-refractivity contribution in [3.63, 3.8) is 0 Å². The van der Waals surface area contributed by atoms with Crippen molar-refractivity contribution in [2.24, 2.45) is 0 Å². The van der Waals surface area contributed by atoms with Crippen molar-refractivity contribution in [2.45, 2.75) is 0 Å². The van der Waals surface area contributed by atoms with E-state index in [1.54, 1.807) is 0 Å². The van der Waals surface area contributed by atoms with E-state index in [0.29, 0.717) is 9.90 Å². The quantitative estimate of drug-likeness (QED) is 0.728. The predicted molar refractivity (Wildman–Crippen MR) is 104 cm³/mol. The highest BCUT2D eigenvalue weighted by Gasteiger charge is 2.17. The number of carbonyl (C=O) groups is 1. The third-order valence-electron chi connectivity index (χ3n) is 4.24. The van der Waals surface area contributed by atoms with Crippen molar-refractivity contribution in [3.8, 4) is 0 Å². The Morgan fingerprint density at radius 3 is 2.52 bits per heavy atom. The number of carbonyl (C=O) groups excluding carboxylic acids is 1. The number of thiophene rings is 1. The van der Waals surface area contributed by atoms with Crippen LogP contribution in [0, 0.1) is 0 Å². The van der Waals surface area contributed by atoms with E-state index in [1.165, 1.54) is 11.3 Å². The van der Waals surface area contributed by atoms with Crippen LogP contribution in [0.15, 0.2) is 48.5 Å². The number of ether oxygens (including phenoxy) is 1. The van der Waals surface area contributed by atoms with Gasteiger partial charge in [-0.25, -0.2) is 0 Å². The molecule has 1 aliphatic rings. The highest BCUT2D eigenvalue weighted by atomic mass is 35.5. The maximum absolute atomic E-state index is 12.6. The van der Waals surface area contributed by atoms with Crippen molar-refractivity contribution in [1.82, 2.24) is 0 Å². The van der Waals surface area contributed by atoms with Gasteiger partial charge in [-0.3, -0.25) is 4.79 Å². The average Bonchev–Trinajstić information content (AvgIpc) is 3.00. The molecule has 1 N–H and O–H groups in total. The number of benzene rings is 2. The molecular weight excluding hydrogens is 356 g/mol. The lowest BCUT2D eigenvalue weighted by molar-refractivity contribution is 0.103. The maximum Gasteiger partial charge on any atom is 0.267 e. The molecule has 2 heterocycles. The Kier molecular flexibility index (Phi) is 4.61. The smallest absolute Gasteiger partial charge is 0.267 e. The molecule has 25 heavy (non-hydrogen) atoms. The molecule has 1 fully saturated rings. The topological polar surface area (TPSA) is 41.6 Å². The largest absolute Gasteiger partial charge is 0.378 e. The minimum atomic E-state index is -0.176. The molecule has 3 aromatic rings. The molecule has 2 aromatic carbocycles. The van der Waals surface area contributed by atoms with Crippen LogP contribution in [-0.4, -0.2) is 32.2 Å². The molecule has 0 aliphatic carbocycles. The Morgan fingerprint density at radius 2 is 1.80 bits per heavy atom. The number of hydrogen-bond acceptors (Lipinski definition) is 4. The van der Waals surface area contributed by atoms with Crippen molar-refractivity contribution in [3.05, 3.63) is 58.4 Å².